The third kappa shape index (κ3) is 2.42. The van der Waals surface area contributed by atoms with Gasteiger partial charge in [0.15, 0.2) is 0 Å². The maximum absolute atomic E-state index is 5.96. The van der Waals surface area contributed by atoms with E-state index in [1.807, 2.05) is 19.1 Å². The van der Waals surface area contributed by atoms with Crippen LogP contribution in [0.1, 0.15) is 22.7 Å². The highest BCUT2D eigenvalue weighted by atomic mass is 16.4. The standard InChI is InChI=1S/C21H20N2O/c1-14-8-4-6-10-18(14)21-22-19(16(3)24-21)13-23-15(2)12-17-9-5-7-11-20(17)23/h4-12H,13H2,1-3H3. The lowest BCUT2D eigenvalue weighted by Gasteiger charge is -2.06. The second-order valence-corrected chi connectivity index (χ2v) is 6.27. The summed E-state index contributed by atoms with van der Waals surface area (Å²) in [6.45, 7) is 6.93. The molecular weight excluding hydrogens is 296 g/mol. The molecule has 0 N–H and O–H groups in total. The van der Waals surface area contributed by atoms with Crippen LogP contribution in [0.15, 0.2) is 59.0 Å². The highest BCUT2D eigenvalue weighted by Gasteiger charge is 2.15. The minimum atomic E-state index is 0.703. The van der Waals surface area contributed by atoms with Gasteiger partial charge in [0.2, 0.25) is 5.89 Å². The molecule has 3 heteroatoms. The number of hydrogen-bond acceptors (Lipinski definition) is 2. The molecule has 0 saturated heterocycles. The van der Waals surface area contributed by atoms with Crippen molar-refractivity contribution in [3.8, 4) is 11.5 Å². The number of oxazole rings is 1. The number of nitrogens with zero attached hydrogens (tertiary/aromatic N) is 2. The van der Waals surface area contributed by atoms with E-state index in [-0.39, 0.29) is 0 Å². The molecule has 0 fully saturated rings. The van der Waals surface area contributed by atoms with Crippen LogP contribution in [0.25, 0.3) is 22.4 Å². The van der Waals surface area contributed by atoms with E-state index in [4.69, 9.17) is 9.40 Å². The molecule has 4 aromatic rings. The quantitative estimate of drug-likeness (QED) is 0.515. The van der Waals surface area contributed by atoms with Crippen LogP contribution < -0.4 is 0 Å². The third-order valence-electron chi connectivity index (χ3n) is 4.59. The fourth-order valence-electron chi connectivity index (χ4n) is 3.21. The summed E-state index contributed by atoms with van der Waals surface area (Å²) in [5, 5.41) is 1.26. The first kappa shape index (κ1) is 14.8. The highest BCUT2D eigenvalue weighted by molar-refractivity contribution is 5.81. The van der Waals surface area contributed by atoms with E-state index in [1.54, 1.807) is 0 Å². The highest BCUT2D eigenvalue weighted by Crippen LogP contribution is 2.26. The number of rotatable bonds is 3. The molecule has 0 unspecified atom stereocenters. The number of aromatic nitrogens is 2. The summed E-state index contributed by atoms with van der Waals surface area (Å²) in [5.41, 5.74) is 5.68. The minimum absolute atomic E-state index is 0.703. The average molecular weight is 316 g/mol. The lowest BCUT2D eigenvalue weighted by atomic mass is 10.1. The van der Waals surface area contributed by atoms with Crippen LogP contribution in [0.5, 0.6) is 0 Å². The monoisotopic (exact) mass is 316 g/mol. The molecule has 120 valence electrons. The first-order valence-corrected chi connectivity index (χ1v) is 8.20. The number of fused-ring (bicyclic) bond motifs is 1. The second kappa shape index (κ2) is 5.68. The van der Waals surface area contributed by atoms with E-state index in [1.165, 1.54) is 22.2 Å². The summed E-state index contributed by atoms with van der Waals surface area (Å²) in [5.74, 6) is 1.58. The summed E-state index contributed by atoms with van der Waals surface area (Å²) in [6, 6.07) is 18.9. The molecule has 2 heterocycles. The van der Waals surface area contributed by atoms with E-state index < -0.39 is 0 Å². The molecule has 0 aliphatic heterocycles. The van der Waals surface area contributed by atoms with Crippen molar-refractivity contribution in [1.29, 1.82) is 0 Å². The summed E-state index contributed by atoms with van der Waals surface area (Å²) in [6.07, 6.45) is 0. The van der Waals surface area contributed by atoms with Gasteiger partial charge in [-0.2, -0.15) is 0 Å². The maximum atomic E-state index is 5.96. The first-order chi connectivity index (χ1) is 11.6. The first-order valence-electron chi connectivity index (χ1n) is 8.20. The Hall–Kier alpha value is -2.81. The average Bonchev–Trinajstić information content (AvgIpc) is 3.09. The molecule has 4 rings (SSSR count). The smallest absolute Gasteiger partial charge is 0.226 e. The van der Waals surface area contributed by atoms with Crippen molar-refractivity contribution in [3.63, 3.8) is 0 Å². The van der Waals surface area contributed by atoms with Crippen molar-refractivity contribution in [3.05, 3.63) is 77.3 Å². The number of para-hydroxylation sites is 1. The fourth-order valence-corrected chi connectivity index (χ4v) is 3.21. The normalized spacial score (nSPS) is 11.3. The Morgan fingerprint density at radius 1 is 0.958 bits per heavy atom. The largest absolute Gasteiger partial charge is 0.441 e. The van der Waals surface area contributed by atoms with Gasteiger partial charge in [-0.25, -0.2) is 4.98 Å². The molecule has 0 spiro atoms. The molecule has 0 bridgehead atoms. The molecule has 0 atom stereocenters. The molecule has 0 radical (unpaired) electrons. The van der Waals surface area contributed by atoms with Crippen molar-refractivity contribution < 1.29 is 4.42 Å². The maximum Gasteiger partial charge on any atom is 0.226 e. The molecule has 0 aliphatic carbocycles. The molecule has 0 amide bonds. The molecule has 2 aromatic carbocycles. The van der Waals surface area contributed by atoms with Gasteiger partial charge >= 0.3 is 0 Å². The van der Waals surface area contributed by atoms with E-state index in [0.29, 0.717) is 5.89 Å². The Kier molecular flexibility index (Phi) is 3.49. The van der Waals surface area contributed by atoms with Crippen molar-refractivity contribution >= 4 is 10.9 Å². The topological polar surface area (TPSA) is 31.0 Å². The summed E-state index contributed by atoms with van der Waals surface area (Å²) >= 11 is 0. The molecule has 3 nitrogen and oxygen atoms in total. The van der Waals surface area contributed by atoms with Crippen LogP contribution in [0.2, 0.25) is 0 Å². The molecular formula is C21H20N2O. The fraction of sp³-hybridized carbons (Fsp3) is 0.190. The summed E-state index contributed by atoms with van der Waals surface area (Å²) in [7, 11) is 0. The minimum Gasteiger partial charge on any atom is -0.441 e. The van der Waals surface area contributed by atoms with Crippen LogP contribution in [0, 0.1) is 20.8 Å². The summed E-state index contributed by atoms with van der Waals surface area (Å²) in [4.78, 5) is 4.78. The van der Waals surface area contributed by atoms with Gasteiger partial charge in [0.05, 0.1) is 6.54 Å². The number of benzene rings is 2. The predicted molar refractivity (Wildman–Crippen MR) is 97.2 cm³/mol. The van der Waals surface area contributed by atoms with Crippen molar-refractivity contribution in [1.82, 2.24) is 9.55 Å². The number of hydrogen-bond donors (Lipinski definition) is 0. The Balaban J connectivity index is 1.76. The number of aryl methyl sites for hydroxylation is 3. The zero-order chi connectivity index (χ0) is 16.7. The van der Waals surface area contributed by atoms with Crippen LogP contribution in [-0.2, 0) is 6.54 Å². The van der Waals surface area contributed by atoms with Gasteiger partial charge in [-0.3, -0.25) is 0 Å². The Morgan fingerprint density at radius 3 is 2.54 bits per heavy atom. The Morgan fingerprint density at radius 2 is 1.71 bits per heavy atom. The molecule has 0 saturated carbocycles. The second-order valence-electron chi connectivity index (χ2n) is 6.27. The van der Waals surface area contributed by atoms with Gasteiger partial charge in [0.25, 0.3) is 0 Å². The van der Waals surface area contributed by atoms with E-state index >= 15 is 0 Å². The van der Waals surface area contributed by atoms with Crippen LogP contribution in [0.4, 0.5) is 0 Å². The van der Waals surface area contributed by atoms with Gasteiger partial charge in [0, 0.05) is 16.8 Å². The molecule has 24 heavy (non-hydrogen) atoms. The Bertz CT molecular complexity index is 1020. The van der Waals surface area contributed by atoms with Crippen molar-refractivity contribution in [2.45, 2.75) is 27.3 Å². The molecule has 0 aliphatic rings. The predicted octanol–water partition coefficient (Wildman–Crippen LogP) is 5.27. The van der Waals surface area contributed by atoms with Gasteiger partial charge in [-0.15, -0.1) is 0 Å². The zero-order valence-corrected chi connectivity index (χ0v) is 14.2. The van der Waals surface area contributed by atoms with Gasteiger partial charge in [-0.05, 0) is 49.9 Å². The van der Waals surface area contributed by atoms with E-state index in [9.17, 15) is 0 Å². The van der Waals surface area contributed by atoms with Gasteiger partial charge < -0.3 is 8.98 Å². The lowest BCUT2D eigenvalue weighted by molar-refractivity contribution is 0.537. The Labute approximate surface area is 141 Å². The SMILES string of the molecule is Cc1ccccc1-c1nc(Cn2c(C)cc3ccccc32)c(C)o1. The van der Waals surface area contributed by atoms with Crippen LogP contribution in [-0.4, -0.2) is 9.55 Å². The van der Waals surface area contributed by atoms with Gasteiger partial charge in [-0.1, -0.05) is 36.4 Å². The van der Waals surface area contributed by atoms with Crippen molar-refractivity contribution in [2.75, 3.05) is 0 Å². The lowest BCUT2D eigenvalue weighted by Crippen LogP contribution is -2.03. The van der Waals surface area contributed by atoms with Gasteiger partial charge in [0.1, 0.15) is 11.5 Å². The van der Waals surface area contributed by atoms with E-state index in [0.717, 1.165) is 23.6 Å². The van der Waals surface area contributed by atoms with Crippen molar-refractivity contribution in [2.24, 2.45) is 0 Å². The van der Waals surface area contributed by atoms with Crippen LogP contribution >= 0.6 is 0 Å². The zero-order valence-electron chi connectivity index (χ0n) is 14.2. The van der Waals surface area contributed by atoms with Crippen LogP contribution in [0.3, 0.4) is 0 Å². The molecule has 2 aromatic heterocycles. The third-order valence-corrected chi connectivity index (χ3v) is 4.59. The van der Waals surface area contributed by atoms with E-state index in [2.05, 4.69) is 60.9 Å². The summed E-state index contributed by atoms with van der Waals surface area (Å²) < 4.78 is 8.25.